The Morgan fingerprint density at radius 2 is 1.97 bits per heavy atom. The molecule has 35 heavy (non-hydrogen) atoms. The zero-order chi connectivity index (χ0) is 25.2. The molecule has 3 aromatic rings. The summed E-state index contributed by atoms with van der Waals surface area (Å²) in [7, 11) is -1.39. The second-order valence-corrected chi connectivity index (χ2v) is 14.9. The fourth-order valence-corrected chi connectivity index (χ4v) is 7.64. The van der Waals surface area contributed by atoms with E-state index in [1.54, 1.807) is 24.9 Å². The highest BCUT2D eigenvalue weighted by molar-refractivity contribution is 14.1. The molecular weight excluding hydrogens is 576 g/mol. The molecule has 1 aliphatic heterocycles. The molecule has 5 atom stereocenters. The van der Waals surface area contributed by atoms with Crippen molar-refractivity contribution in [3.63, 3.8) is 0 Å². The number of ether oxygens (including phenoxy) is 2. The van der Waals surface area contributed by atoms with Crippen molar-refractivity contribution >= 4 is 31.0 Å². The normalized spacial score (nSPS) is 21.7. The average Bonchev–Trinajstić information content (AvgIpc) is 3.28. The smallest absolute Gasteiger partial charge is 0.247 e. The number of aromatic nitrogens is 3. The minimum atomic E-state index is -3.10. The summed E-state index contributed by atoms with van der Waals surface area (Å²) in [5, 5.41) is 18.6. The Balaban J connectivity index is 1.54. The molecule has 1 N–H and O–H groups in total. The quantitative estimate of drug-likeness (QED) is 0.191. The van der Waals surface area contributed by atoms with Crippen molar-refractivity contribution in [2.45, 2.75) is 56.7 Å². The predicted octanol–water partition coefficient (Wildman–Crippen LogP) is 5.73. The zero-order valence-corrected chi connectivity index (χ0v) is 23.7. The van der Waals surface area contributed by atoms with E-state index in [-0.39, 0.29) is 36.2 Å². The number of benzene rings is 2. The maximum atomic E-state index is 15.7. The molecule has 6 nitrogen and oxygen atoms in total. The van der Waals surface area contributed by atoms with Gasteiger partial charge in [-0.3, -0.25) is 4.68 Å². The number of fused-ring (bicyclic) bond motifs is 1. The summed E-state index contributed by atoms with van der Waals surface area (Å²) < 4.78 is 31.0. The van der Waals surface area contributed by atoms with Crippen molar-refractivity contribution in [1.82, 2.24) is 15.0 Å². The maximum absolute atomic E-state index is 15.7. The number of methoxy groups -OCH3 is 1. The summed E-state index contributed by atoms with van der Waals surface area (Å²) in [4.78, 5) is 0. The first kappa shape index (κ1) is 26.2. The number of aryl methyl sites for hydroxylation is 1. The lowest BCUT2D eigenvalue weighted by atomic mass is 9.86. The maximum Gasteiger partial charge on any atom is 0.247 e. The Labute approximate surface area is 221 Å². The minimum Gasteiger partial charge on any atom is -0.490 e. The van der Waals surface area contributed by atoms with Gasteiger partial charge >= 0.3 is 0 Å². The third-order valence-electron chi connectivity index (χ3n) is 7.04. The molecule has 4 rings (SSSR count). The molecule has 2 heterocycles. The van der Waals surface area contributed by atoms with Crippen LogP contribution in [-0.4, -0.2) is 48.3 Å². The van der Waals surface area contributed by atoms with E-state index in [0.29, 0.717) is 18.7 Å². The number of halogens is 2. The minimum absolute atomic E-state index is 0.00128. The molecule has 1 aliphatic rings. The van der Waals surface area contributed by atoms with Gasteiger partial charge in [-0.2, -0.15) is 0 Å². The number of hydrogen-bond donors (Lipinski definition) is 1. The van der Waals surface area contributed by atoms with Crippen LogP contribution in [0.25, 0.3) is 0 Å². The van der Waals surface area contributed by atoms with Crippen LogP contribution in [-0.2, 0) is 11.3 Å². The molecular formula is C26H33FIN3O3Si. The van der Waals surface area contributed by atoms with Crippen LogP contribution in [0.15, 0.2) is 54.7 Å². The molecule has 0 saturated carbocycles. The fourth-order valence-electron chi connectivity index (χ4n) is 5.16. The van der Waals surface area contributed by atoms with Gasteiger partial charge in [-0.1, -0.05) is 42.5 Å². The topological polar surface area (TPSA) is 69.4 Å². The second kappa shape index (κ2) is 11.1. The van der Waals surface area contributed by atoms with Crippen molar-refractivity contribution < 1.29 is 18.7 Å². The van der Waals surface area contributed by atoms with Crippen molar-refractivity contribution in [2.75, 3.05) is 13.7 Å². The predicted molar refractivity (Wildman–Crippen MR) is 145 cm³/mol. The standard InChI is InChI=1S/C26H33FIN3O3Si/c1-17-25(33-2)20-14-19(28)10-11-23(20)34-26(17)24(35(3,4)27)12-13-31-15-22(29-30-31)21(16-32)18-8-6-5-7-9-18/h5-11,14-15,17,21,24-26,32H,12-13,16H2,1-4H3/t17-,21?,24?,25-,26-/m0/s1. The summed E-state index contributed by atoms with van der Waals surface area (Å²) in [5.74, 6) is 0.540. The van der Waals surface area contributed by atoms with Gasteiger partial charge in [0.2, 0.25) is 8.41 Å². The molecule has 0 fully saturated rings. The molecule has 1 aromatic heterocycles. The highest BCUT2D eigenvalue weighted by Gasteiger charge is 2.47. The van der Waals surface area contributed by atoms with E-state index < -0.39 is 8.41 Å². The van der Waals surface area contributed by atoms with E-state index >= 15 is 4.11 Å². The first-order valence-electron chi connectivity index (χ1n) is 12.0. The van der Waals surface area contributed by atoms with Crippen molar-refractivity contribution in [2.24, 2.45) is 5.92 Å². The molecule has 0 spiro atoms. The number of aliphatic hydroxyl groups excluding tert-OH is 1. The van der Waals surface area contributed by atoms with Crippen LogP contribution in [0.2, 0.25) is 18.6 Å². The average molecular weight is 610 g/mol. The van der Waals surface area contributed by atoms with Gasteiger partial charge in [0.1, 0.15) is 11.9 Å². The number of hydrogen-bond acceptors (Lipinski definition) is 5. The summed E-state index contributed by atoms with van der Waals surface area (Å²) in [5.41, 5.74) is 2.47. The summed E-state index contributed by atoms with van der Waals surface area (Å²) in [6, 6.07) is 15.8. The Hall–Kier alpha value is -1.82. The van der Waals surface area contributed by atoms with Gasteiger partial charge in [-0.25, -0.2) is 0 Å². The number of nitrogens with zero attached hydrogens (tertiary/aromatic N) is 3. The lowest BCUT2D eigenvalue weighted by Crippen LogP contribution is -2.46. The Kier molecular flexibility index (Phi) is 8.29. The summed E-state index contributed by atoms with van der Waals surface area (Å²) >= 11 is 2.29. The van der Waals surface area contributed by atoms with Crippen LogP contribution in [0.1, 0.15) is 42.2 Å². The van der Waals surface area contributed by atoms with Gasteiger partial charge in [0, 0.05) is 40.4 Å². The van der Waals surface area contributed by atoms with Crippen LogP contribution in [0.5, 0.6) is 5.75 Å². The van der Waals surface area contributed by atoms with E-state index in [2.05, 4.69) is 45.9 Å². The van der Waals surface area contributed by atoms with Gasteiger partial charge in [0.25, 0.3) is 0 Å². The Morgan fingerprint density at radius 1 is 1.23 bits per heavy atom. The highest BCUT2D eigenvalue weighted by Crippen LogP contribution is 2.47. The molecule has 0 aliphatic carbocycles. The molecule has 188 valence electrons. The summed E-state index contributed by atoms with van der Waals surface area (Å²) in [6.45, 7) is 6.06. The molecule has 2 aromatic carbocycles. The fraction of sp³-hybridized carbons (Fsp3) is 0.462. The monoisotopic (exact) mass is 609 g/mol. The van der Waals surface area contributed by atoms with Crippen LogP contribution < -0.4 is 4.74 Å². The van der Waals surface area contributed by atoms with E-state index in [1.165, 1.54) is 0 Å². The van der Waals surface area contributed by atoms with E-state index in [0.717, 1.165) is 20.4 Å². The SMILES string of the molecule is CO[C@@H]1c2cc(I)ccc2O[C@H](C(CCn2cc(C(CO)c3ccccc3)nn2)[Si](C)(C)F)[C@H]1C. The zero-order valence-electron chi connectivity index (χ0n) is 20.6. The van der Waals surface area contributed by atoms with Crippen LogP contribution >= 0.6 is 22.6 Å². The van der Waals surface area contributed by atoms with E-state index in [4.69, 9.17) is 9.47 Å². The van der Waals surface area contributed by atoms with E-state index in [9.17, 15) is 5.11 Å². The lowest BCUT2D eigenvalue weighted by molar-refractivity contribution is -0.0243. The molecule has 0 bridgehead atoms. The third kappa shape index (κ3) is 5.78. The van der Waals surface area contributed by atoms with Crippen molar-refractivity contribution in [3.8, 4) is 5.75 Å². The molecule has 2 unspecified atom stereocenters. The lowest BCUT2D eigenvalue weighted by Gasteiger charge is -2.43. The van der Waals surface area contributed by atoms with Crippen molar-refractivity contribution in [1.29, 1.82) is 0 Å². The first-order chi connectivity index (χ1) is 16.7. The Morgan fingerprint density at radius 3 is 2.63 bits per heavy atom. The largest absolute Gasteiger partial charge is 0.490 e. The molecule has 0 radical (unpaired) electrons. The highest BCUT2D eigenvalue weighted by atomic mass is 127. The van der Waals surface area contributed by atoms with Gasteiger partial charge in [-0.15, -0.1) is 5.10 Å². The van der Waals surface area contributed by atoms with E-state index in [1.807, 2.05) is 48.7 Å². The Bertz CT molecular complexity index is 1120. The van der Waals surface area contributed by atoms with Gasteiger partial charge in [-0.05, 0) is 65.9 Å². The second-order valence-electron chi connectivity index (χ2n) is 9.79. The number of aliphatic hydroxyl groups is 1. The van der Waals surface area contributed by atoms with Crippen LogP contribution in [0.4, 0.5) is 4.11 Å². The van der Waals surface area contributed by atoms with Gasteiger partial charge < -0.3 is 18.7 Å². The molecule has 0 amide bonds. The van der Waals surface area contributed by atoms with Gasteiger partial charge in [0.15, 0.2) is 0 Å². The van der Waals surface area contributed by atoms with Crippen molar-refractivity contribution in [3.05, 3.63) is 75.1 Å². The van der Waals surface area contributed by atoms with Crippen LogP contribution in [0, 0.1) is 9.49 Å². The first-order valence-corrected chi connectivity index (χ1v) is 16.0. The number of rotatable bonds is 9. The van der Waals surface area contributed by atoms with Gasteiger partial charge in [0.05, 0.1) is 24.3 Å². The molecule has 0 saturated heterocycles. The van der Waals surface area contributed by atoms with Crippen LogP contribution in [0.3, 0.4) is 0 Å². The third-order valence-corrected chi connectivity index (χ3v) is 10.1. The summed E-state index contributed by atoms with van der Waals surface area (Å²) in [6.07, 6.45) is 2.00. The molecule has 9 heteroatoms.